The van der Waals surface area contributed by atoms with Crippen molar-refractivity contribution in [3.05, 3.63) is 29.6 Å². The summed E-state index contributed by atoms with van der Waals surface area (Å²) in [5.74, 6) is 0.0214. The molecule has 0 atom stereocenters. The number of aromatic nitrogens is 1. The summed E-state index contributed by atoms with van der Waals surface area (Å²) < 4.78 is 0. The number of thiazole rings is 1. The fourth-order valence-electron chi connectivity index (χ4n) is 1.76. The maximum Gasteiger partial charge on any atom is 0.224 e. The first-order valence-electron chi connectivity index (χ1n) is 7.01. The molecule has 1 aromatic carbocycles. The smallest absolute Gasteiger partial charge is 0.224 e. The Kier molecular flexibility index (Phi) is 4.63. The normalized spacial score (nSPS) is 11.2. The first kappa shape index (κ1) is 15.5. The van der Waals surface area contributed by atoms with Gasteiger partial charge < -0.3 is 10.6 Å². The summed E-state index contributed by atoms with van der Waals surface area (Å²) in [4.78, 5) is 15.9. The molecular weight excluding hydrogens is 282 g/mol. The Morgan fingerprint density at radius 1 is 1.24 bits per heavy atom. The molecule has 0 unspecified atom stereocenters. The van der Waals surface area contributed by atoms with Gasteiger partial charge in [0.25, 0.3) is 0 Å². The van der Waals surface area contributed by atoms with Gasteiger partial charge in [-0.2, -0.15) is 0 Å². The van der Waals surface area contributed by atoms with Gasteiger partial charge in [-0.25, -0.2) is 4.98 Å². The molecule has 0 fully saturated rings. The van der Waals surface area contributed by atoms with Crippen molar-refractivity contribution in [3.63, 3.8) is 0 Å². The Bertz CT molecular complexity index is 611. The summed E-state index contributed by atoms with van der Waals surface area (Å²) in [5, 5.41) is 9.16. The van der Waals surface area contributed by atoms with E-state index in [0.717, 1.165) is 22.1 Å². The summed E-state index contributed by atoms with van der Waals surface area (Å²) in [5.41, 5.74) is 2.81. The van der Waals surface area contributed by atoms with Gasteiger partial charge in [0.05, 0.1) is 5.69 Å². The molecule has 21 heavy (non-hydrogen) atoms. The van der Waals surface area contributed by atoms with Crippen LogP contribution in [0.4, 0.5) is 10.8 Å². The molecule has 112 valence electrons. The van der Waals surface area contributed by atoms with Gasteiger partial charge in [0.15, 0.2) is 5.13 Å². The molecule has 1 amide bonds. The molecule has 2 rings (SSSR count). The van der Waals surface area contributed by atoms with Gasteiger partial charge >= 0.3 is 0 Å². The molecule has 1 heterocycles. The summed E-state index contributed by atoms with van der Waals surface area (Å²) in [6.45, 7) is 8.17. The largest absolute Gasteiger partial charge is 0.357 e. The van der Waals surface area contributed by atoms with E-state index in [1.165, 1.54) is 0 Å². The van der Waals surface area contributed by atoms with Crippen LogP contribution < -0.4 is 10.6 Å². The van der Waals surface area contributed by atoms with Crippen molar-refractivity contribution in [2.24, 2.45) is 0 Å². The standard InChI is InChI=1S/C16H21N3OS/c1-5-14(20)17-12-8-6-11(7-9-12)13-10-21-15(18-13)19-16(2,3)4/h6-10H,5H2,1-4H3,(H,17,20)(H,18,19). The van der Waals surface area contributed by atoms with Gasteiger partial charge in [-0.15, -0.1) is 11.3 Å². The first-order chi connectivity index (χ1) is 9.87. The number of carbonyl (C=O) groups excluding carboxylic acids is 1. The third-order valence-electron chi connectivity index (χ3n) is 2.77. The molecule has 5 heteroatoms. The zero-order valence-electron chi connectivity index (χ0n) is 12.9. The van der Waals surface area contributed by atoms with E-state index in [4.69, 9.17) is 0 Å². The van der Waals surface area contributed by atoms with Crippen molar-refractivity contribution in [3.8, 4) is 11.3 Å². The quantitative estimate of drug-likeness (QED) is 0.882. The summed E-state index contributed by atoms with van der Waals surface area (Å²) >= 11 is 1.60. The Labute approximate surface area is 129 Å². The minimum absolute atomic E-state index is 0.00339. The van der Waals surface area contributed by atoms with Gasteiger partial charge in [-0.1, -0.05) is 19.1 Å². The number of hydrogen-bond donors (Lipinski definition) is 2. The Hall–Kier alpha value is -1.88. The van der Waals surface area contributed by atoms with Crippen LogP contribution in [0.1, 0.15) is 34.1 Å². The lowest BCUT2D eigenvalue weighted by atomic mass is 10.1. The van der Waals surface area contributed by atoms with Crippen LogP contribution in [-0.2, 0) is 4.79 Å². The monoisotopic (exact) mass is 303 g/mol. The van der Waals surface area contributed by atoms with E-state index >= 15 is 0 Å². The fraction of sp³-hybridized carbons (Fsp3) is 0.375. The summed E-state index contributed by atoms with van der Waals surface area (Å²) in [6.07, 6.45) is 0.482. The number of anilines is 2. The predicted molar refractivity (Wildman–Crippen MR) is 89.8 cm³/mol. The van der Waals surface area contributed by atoms with E-state index < -0.39 is 0 Å². The van der Waals surface area contributed by atoms with Crippen molar-refractivity contribution in [2.45, 2.75) is 39.7 Å². The lowest BCUT2D eigenvalue weighted by Crippen LogP contribution is -2.25. The number of carbonyl (C=O) groups is 1. The zero-order chi connectivity index (χ0) is 15.5. The number of nitrogens with one attached hydrogen (secondary N) is 2. The van der Waals surface area contributed by atoms with E-state index in [9.17, 15) is 4.79 Å². The minimum atomic E-state index is 0.00339. The van der Waals surface area contributed by atoms with Crippen LogP contribution in [0.5, 0.6) is 0 Å². The number of rotatable bonds is 4. The second-order valence-electron chi connectivity index (χ2n) is 5.89. The SMILES string of the molecule is CCC(=O)Nc1ccc(-c2csc(NC(C)(C)C)n2)cc1. The van der Waals surface area contributed by atoms with Gasteiger partial charge in [0.1, 0.15) is 0 Å². The lowest BCUT2D eigenvalue weighted by molar-refractivity contribution is -0.115. The number of benzene rings is 1. The van der Waals surface area contributed by atoms with Crippen molar-refractivity contribution in [1.82, 2.24) is 4.98 Å². The van der Waals surface area contributed by atoms with Crippen molar-refractivity contribution < 1.29 is 4.79 Å². The highest BCUT2D eigenvalue weighted by Gasteiger charge is 2.12. The molecule has 2 aromatic rings. The molecule has 4 nitrogen and oxygen atoms in total. The summed E-state index contributed by atoms with van der Waals surface area (Å²) in [6, 6.07) is 7.75. The van der Waals surface area contributed by atoms with Crippen LogP contribution in [0.3, 0.4) is 0 Å². The fourth-order valence-corrected chi connectivity index (χ4v) is 2.69. The summed E-state index contributed by atoms with van der Waals surface area (Å²) in [7, 11) is 0. The maximum atomic E-state index is 11.3. The molecule has 0 bridgehead atoms. The van der Waals surface area contributed by atoms with Gasteiger partial charge in [0, 0.05) is 28.6 Å². The molecule has 0 aliphatic rings. The van der Waals surface area contributed by atoms with Gasteiger partial charge in [-0.3, -0.25) is 4.79 Å². The van der Waals surface area contributed by atoms with E-state index in [2.05, 4.69) is 36.4 Å². The number of nitrogens with zero attached hydrogens (tertiary/aromatic N) is 1. The highest BCUT2D eigenvalue weighted by Crippen LogP contribution is 2.27. The molecule has 0 saturated carbocycles. The lowest BCUT2D eigenvalue weighted by Gasteiger charge is -2.19. The van der Waals surface area contributed by atoms with Crippen LogP contribution in [0.2, 0.25) is 0 Å². The molecule has 1 aromatic heterocycles. The van der Waals surface area contributed by atoms with E-state index in [1.807, 2.05) is 36.6 Å². The second-order valence-corrected chi connectivity index (χ2v) is 6.75. The molecule has 2 N–H and O–H groups in total. The van der Waals surface area contributed by atoms with Gasteiger partial charge in [0.2, 0.25) is 5.91 Å². The molecule has 0 aliphatic carbocycles. The number of amides is 1. The average molecular weight is 303 g/mol. The minimum Gasteiger partial charge on any atom is -0.357 e. The Balaban J connectivity index is 2.10. The molecular formula is C16H21N3OS. The highest BCUT2D eigenvalue weighted by molar-refractivity contribution is 7.14. The highest BCUT2D eigenvalue weighted by atomic mass is 32.1. The topological polar surface area (TPSA) is 54.0 Å². The van der Waals surface area contributed by atoms with E-state index in [-0.39, 0.29) is 11.4 Å². The molecule has 0 aliphatic heterocycles. The first-order valence-corrected chi connectivity index (χ1v) is 7.89. The van der Waals surface area contributed by atoms with Crippen LogP contribution >= 0.6 is 11.3 Å². The van der Waals surface area contributed by atoms with Crippen LogP contribution in [-0.4, -0.2) is 16.4 Å². The van der Waals surface area contributed by atoms with E-state index in [0.29, 0.717) is 6.42 Å². The van der Waals surface area contributed by atoms with Crippen molar-refractivity contribution >= 4 is 28.1 Å². The second kappa shape index (κ2) is 6.26. The van der Waals surface area contributed by atoms with E-state index in [1.54, 1.807) is 11.3 Å². The average Bonchev–Trinajstić information content (AvgIpc) is 2.85. The van der Waals surface area contributed by atoms with Crippen LogP contribution in [0.15, 0.2) is 29.6 Å². The van der Waals surface area contributed by atoms with Crippen molar-refractivity contribution in [2.75, 3.05) is 10.6 Å². The third-order valence-corrected chi connectivity index (χ3v) is 3.53. The molecule has 0 saturated heterocycles. The predicted octanol–water partition coefficient (Wildman–Crippen LogP) is 4.37. The molecule has 0 radical (unpaired) electrons. The number of hydrogen-bond acceptors (Lipinski definition) is 4. The van der Waals surface area contributed by atoms with Crippen LogP contribution in [0.25, 0.3) is 11.3 Å². The molecule has 0 spiro atoms. The van der Waals surface area contributed by atoms with Gasteiger partial charge in [-0.05, 0) is 32.9 Å². The third kappa shape index (κ3) is 4.56. The Morgan fingerprint density at radius 2 is 1.90 bits per heavy atom. The van der Waals surface area contributed by atoms with Crippen molar-refractivity contribution in [1.29, 1.82) is 0 Å². The van der Waals surface area contributed by atoms with Crippen LogP contribution in [0, 0.1) is 0 Å². The zero-order valence-corrected chi connectivity index (χ0v) is 13.7. The Morgan fingerprint density at radius 3 is 2.48 bits per heavy atom. The maximum absolute atomic E-state index is 11.3.